The van der Waals surface area contributed by atoms with Gasteiger partial charge in [0.1, 0.15) is 12.2 Å². The van der Waals surface area contributed by atoms with Gasteiger partial charge < -0.3 is 4.74 Å². The summed E-state index contributed by atoms with van der Waals surface area (Å²) in [6.45, 7) is 0.562. The molecule has 3 rings (SSSR count). The van der Waals surface area contributed by atoms with Gasteiger partial charge in [0.2, 0.25) is 11.8 Å². The zero-order valence-electron chi connectivity index (χ0n) is 13.2. The summed E-state index contributed by atoms with van der Waals surface area (Å²) >= 11 is 0. The van der Waals surface area contributed by atoms with Gasteiger partial charge in [0, 0.05) is 6.54 Å². The molecule has 0 bridgehead atoms. The number of amides is 4. The Morgan fingerprint density at radius 3 is 2.57 bits per heavy atom. The third-order valence-electron chi connectivity index (χ3n) is 4.30. The number of benzene rings is 1. The summed E-state index contributed by atoms with van der Waals surface area (Å²) in [5.74, 6) is 0.467. The summed E-state index contributed by atoms with van der Waals surface area (Å²) in [4.78, 5) is 39.0. The molecule has 0 unspecified atom stereocenters. The minimum Gasteiger partial charge on any atom is -0.497 e. The molecule has 1 aromatic carbocycles. The van der Waals surface area contributed by atoms with Crippen molar-refractivity contribution in [2.45, 2.75) is 32.2 Å². The van der Waals surface area contributed by atoms with Crippen LogP contribution < -0.4 is 4.74 Å². The molecular formula is C17H20N2O4. The third kappa shape index (κ3) is 3.52. The maximum absolute atomic E-state index is 12.5. The number of barbiturate groups is 1. The number of imide groups is 2. The number of rotatable bonds is 6. The monoisotopic (exact) mass is 316 g/mol. The lowest BCUT2D eigenvalue weighted by molar-refractivity contribution is -0.142. The fourth-order valence-corrected chi connectivity index (χ4v) is 2.73. The molecular weight excluding hydrogens is 296 g/mol. The van der Waals surface area contributed by atoms with Gasteiger partial charge in [-0.3, -0.25) is 19.4 Å². The van der Waals surface area contributed by atoms with E-state index < -0.39 is 11.9 Å². The van der Waals surface area contributed by atoms with Crippen LogP contribution in [-0.2, 0) is 16.1 Å². The first-order valence-electron chi connectivity index (χ1n) is 7.86. The molecule has 0 spiro atoms. The van der Waals surface area contributed by atoms with E-state index >= 15 is 0 Å². The molecule has 122 valence electrons. The maximum Gasteiger partial charge on any atom is 0.333 e. The molecule has 1 aliphatic carbocycles. The lowest BCUT2D eigenvalue weighted by atomic mass is 10.1. The van der Waals surface area contributed by atoms with Gasteiger partial charge in [0.05, 0.1) is 13.7 Å². The van der Waals surface area contributed by atoms with Gasteiger partial charge in [-0.15, -0.1) is 0 Å². The molecule has 0 radical (unpaired) electrons. The zero-order chi connectivity index (χ0) is 16.4. The summed E-state index contributed by atoms with van der Waals surface area (Å²) in [7, 11) is 1.56. The van der Waals surface area contributed by atoms with E-state index in [-0.39, 0.29) is 18.9 Å². The molecule has 0 aromatic heterocycles. The van der Waals surface area contributed by atoms with Crippen molar-refractivity contribution >= 4 is 17.8 Å². The SMILES string of the molecule is COc1cccc(CN2C(=O)CC(=O)N(CCC3CC3)C2=O)c1. The molecule has 0 atom stereocenters. The van der Waals surface area contributed by atoms with Crippen molar-refractivity contribution in [2.24, 2.45) is 5.92 Å². The predicted octanol–water partition coefficient (Wildman–Crippen LogP) is 2.18. The summed E-state index contributed by atoms with van der Waals surface area (Å²) in [6.07, 6.45) is 2.93. The smallest absolute Gasteiger partial charge is 0.333 e. The second kappa shape index (κ2) is 6.40. The minimum atomic E-state index is -0.505. The Morgan fingerprint density at radius 1 is 1.13 bits per heavy atom. The number of carbonyl (C=O) groups is 3. The van der Waals surface area contributed by atoms with Crippen LogP contribution >= 0.6 is 0 Å². The molecule has 0 N–H and O–H groups in total. The maximum atomic E-state index is 12.5. The molecule has 1 aromatic rings. The Kier molecular flexibility index (Phi) is 4.32. The summed E-state index contributed by atoms with van der Waals surface area (Å²) < 4.78 is 5.15. The fraction of sp³-hybridized carbons (Fsp3) is 0.471. The van der Waals surface area contributed by atoms with Crippen molar-refractivity contribution in [1.82, 2.24) is 9.80 Å². The highest BCUT2D eigenvalue weighted by Gasteiger charge is 2.38. The predicted molar refractivity (Wildman–Crippen MR) is 82.6 cm³/mol. The average molecular weight is 316 g/mol. The first-order valence-corrected chi connectivity index (χ1v) is 7.86. The standard InChI is InChI=1S/C17H20N2O4/c1-23-14-4-2-3-13(9-14)11-19-16(21)10-15(20)18(17(19)22)8-7-12-5-6-12/h2-4,9,12H,5-8,10-11H2,1H3. The van der Waals surface area contributed by atoms with Gasteiger partial charge >= 0.3 is 6.03 Å². The van der Waals surface area contributed by atoms with E-state index in [1.54, 1.807) is 19.2 Å². The summed E-state index contributed by atoms with van der Waals surface area (Å²) in [5.41, 5.74) is 0.794. The van der Waals surface area contributed by atoms with Crippen LogP contribution in [0.3, 0.4) is 0 Å². The van der Waals surface area contributed by atoms with Crippen LogP contribution in [0.1, 0.15) is 31.2 Å². The number of methoxy groups -OCH3 is 1. The second-order valence-electron chi connectivity index (χ2n) is 6.07. The average Bonchev–Trinajstić information content (AvgIpc) is 3.35. The van der Waals surface area contributed by atoms with E-state index in [0.717, 1.165) is 16.9 Å². The third-order valence-corrected chi connectivity index (χ3v) is 4.30. The van der Waals surface area contributed by atoms with E-state index in [2.05, 4.69) is 0 Å². The molecule has 6 heteroatoms. The fourth-order valence-electron chi connectivity index (χ4n) is 2.73. The number of hydrogen-bond acceptors (Lipinski definition) is 4. The van der Waals surface area contributed by atoms with Crippen LogP contribution in [0.15, 0.2) is 24.3 Å². The number of carbonyl (C=O) groups excluding carboxylic acids is 3. The van der Waals surface area contributed by atoms with Crippen molar-refractivity contribution in [3.63, 3.8) is 0 Å². The van der Waals surface area contributed by atoms with E-state index in [9.17, 15) is 14.4 Å². The first kappa shape index (κ1) is 15.5. The van der Waals surface area contributed by atoms with E-state index in [1.807, 2.05) is 12.1 Å². The van der Waals surface area contributed by atoms with Crippen molar-refractivity contribution in [1.29, 1.82) is 0 Å². The van der Waals surface area contributed by atoms with Crippen LogP contribution in [0.4, 0.5) is 4.79 Å². The molecule has 4 amide bonds. The molecule has 2 fully saturated rings. The van der Waals surface area contributed by atoms with Crippen molar-refractivity contribution < 1.29 is 19.1 Å². The van der Waals surface area contributed by atoms with Crippen LogP contribution in [0.5, 0.6) is 5.75 Å². The second-order valence-corrected chi connectivity index (χ2v) is 6.07. The van der Waals surface area contributed by atoms with Crippen LogP contribution in [-0.4, -0.2) is 41.3 Å². The van der Waals surface area contributed by atoms with Crippen LogP contribution in [0, 0.1) is 5.92 Å². The van der Waals surface area contributed by atoms with Crippen LogP contribution in [0.2, 0.25) is 0 Å². The molecule has 1 saturated heterocycles. The Hall–Kier alpha value is -2.37. The number of urea groups is 1. The molecule has 1 aliphatic heterocycles. The van der Waals surface area contributed by atoms with Crippen molar-refractivity contribution in [3.8, 4) is 5.75 Å². The highest BCUT2D eigenvalue weighted by atomic mass is 16.5. The quantitative estimate of drug-likeness (QED) is 0.754. The highest BCUT2D eigenvalue weighted by molar-refractivity contribution is 6.14. The summed E-state index contributed by atoms with van der Waals surface area (Å²) in [6, 6.07) is 6.71. The van der Waals surface area contributed by atoms with Gasteiger partial charge in [-0.05, 0) is 30.0 Å². The molecule has 23 heavy (non-hydrogen) atoms. The van der Waals surface area contributed by atoms with Gasteiger partial charge in [-0.1, -0.05) is 25.0 Å². The number of hydrogen-bond donors (Lipinski definition) is 0. The number of ether oxygens (including phenoxy) is 1. The molecule has 1 saturated carbocycles. The molecule has 1 heterocycles. The first-order chi connectivity index (χ1) is 11.1. The lowest BCUT2D eigenvalue weighted by Crippen LogP contribution is -2.54. The number of nitrogens with zero attached hydrogens (tertiary/aromatic N) is 2. The van der Waals surface area contributed by atoms with E-state index in [0.29, 0.717) is 18.2 Å². The zero-order valence-corrected chi connectivity index (χ0v) is 13.2. The van der Waals surface area contributed by atoms with Gasteiger partial charge in [0.25, 0.3) is 0 Å². The molecule has 6 nitrogen and oxygen atoms in total. The Morgan fingerprint density at radius 2 is 1.87 bits per heavy atom. The van der Waals surface area contributed by atoms with Gasteiger partial charge in [-0.25, -0.2) is 4.79 Å². The highest BCUT2D eigenvalue weighted by Crippen LogP contribution is 2.33. The van der Waals surface area contributed by atoms with Crippen molar-refractivity contribution in [2.75, 3.05) is 13.7 Å². The minimum absolute atomic E-state index is 0.155. The van der Waals surface area contributed by atoms with Gasteiger partial charge in [-0.2, -0.15) is 0 Å². The Bertz CT molecular complexity index is 639. The lowest BCUT2D eigenvalue weighted by Gasteiger charge is -2.32. The van der Waals surface area contributed by atoms with E-state index in [1.165, 1.54) is 17.7 Å². The summed E-state index contributed by atoms with van der Waals surface area (Å²) in [5, 5.41) is 0. The molecule has 2 aliphatic rings. The van der Waals surface area contributed by atoms with Gasteiger partial charge in [0.15, 0.2) is 0 Å². The normalized spacial score (nSPS) is 18.6. The van der Waals surface area contributed by atoms with Crippen molar-refractivity contribution in [3.05, 3.63) is 29.8 Å². The topological polar surface area (TPSA) is 66.9 Å². The van der Waals surface area contributed by atoms with Crippen LogP contribution in [0.25, 0.3) is 0 Å². The largest absolute Gasteiger partial charge is 0.497 e. The van der Waals surface area contributed by atoms with E-state index in [4.69, 9.17) is 4.74 Å². The Balaban J connectivity index is 1.72. The Labute approximate surface area is 135 Å².